The first-order chi connectivity index (χ1) is 2.89. The van der Waals surface area contributed by atoms with Gasteiger partial charge in [-0.2, -0.15) is 0 Å². The van der Waals surface area contributed by atoms with E-state index in [-0.39, 0.29) is 6.23 Å². The molecule has 1 aliphatic heterocycles. The second kappa shape index (κ2) is 1.22. The molecule has 0 amide bonds. The summed E-state index contributed by atoms with van der Waals surface area (Å²) in [5.74, 6) is 0. The van der Waals surface area contributed by atoms with Crippen molar-refractivity contribution in [2.45, 2.75) is 6.23 Å². The fraction of sp³-hybridized carbons (Fsp3) is 1.00. The lowest BCUT2D eigenvalue weighted by molar-refractivity contribution is 0.0957. The molecule has 0 saturated carbocycles. The molecule has 0 saturated heterocycles. The van der Waals surface area contributed by atoms with Crippen molar-refractivity contribution in [1.82, 2.24) is 0 Å². The molecule has 0 radical (unpaired) electrons. The molecular weight excluding hydrogens is 82.0 g/mol. The van der Waals surface area contributed by atoms with Gasteiger partial charge < -0.3 is 4.84 Å². The molecule has 4 nitrogen and oxygen atoms in total. The topological polar surface area (TPSA) is 60.0 Å². The third kappa shape index (κ3) is 0.463. The van der Waals surface area contributed by atoms with Crippen LogP contribution in [0.25, 0.3) is 0 Å². The van der Waals surface area contributed by atoms with Crippen molar-refractivity contribution >= 4 is 0 Å². The molecule has 0 aromatic rings. The normalized spacial score (nSPS) is 30.5. The quantitative estimate of drug-likeness (QED) is 0.439. The summed E-state index contributed by atoms with van der Waals surface area (Å²) in [4.78, 5) is 4.39. The van der Waals surface area contributed by atoms with E-state index in [2.05, 4.69) is 15.2 Å². The molecule has 1 aliphatic rings. The zero-order chi connectivity index (χ0) is 4.41. The summed E-state index contributed by atoms with van der Waals surface area (Å²) < 4.78 is 0. The number of hydrogen-bond donors (Lipinski definition) is 1. The van der Waals surface area contributed by atoms with E-state index in [0.29, 0.717) is 6.54 Å². The van der Waals surface area contributed by atoms with Gasteiger partial charge in [0.1, 0.15) is 6.54 Å². The highest BCUT2D eigenvalue weighted by Crippen LogP contribution is 1.94. The van der Waals surface area contributed by atoms with Gasteiger partial charge >= 0.3 is 0 Å². The van der Waals surface area contributed by atoms with Gasteiger partial charge in [-0.05, 0) is 0 Å². The van der Waals surface area contributed by atoms with Gasteiger partial charge in [0, 0.05) is 5.28 Å². The minimum Gasteiger partial charge on any atom is -0.358 e. The standard InChI is InChI=1S/C2H5N3O/c3-2-1-4-5-6-2/h2H,1,3H2. The first-order valence-electron chi connectivity index (χ1n) is 1.68. The lowest BCUT2D eigenvalue weighted by atomic mass is 10.6. The van der Waals surface area contributed by atoms with E-state index < -0.39 is 0 Å². The van der Waals surface area contributed by atoms with E-state index in [1.54, 1.807) is 0 Å². The van der Waals surface area contributed by atoms with Crippen molar-refractivity contribution in [2.75, 3.05) is 6.54 Å². The van der Waals surface area contributed by atoms with E-state index in [1.807, 2.05) is 0 Å². The van der Waals surface area contributed by atoms with Crippen LogP contribution in [0.1, 0.15) is 0 Å². The van der Waals surface area contributed by atoms with Crippen LogP contribution in [0, 0.1) is 0 Å². The SMILES string of the molecule is NC1CN=NO1. The van der Waals surface area contributed by atoms with E-state index in [1.165, 1.54) is 0 Å². The van der Waals surface area contributed by atoms with Crippen molar-refractivity contribution in [3.8, 4) is 0 Å². The molecule has 1 unspecified atom stereocenters. The minimum absolute atomic E-state index is 0.287. The van der Waals surface area contributed by atoms with Crippen LogP contribution >= 0.6 is 0 Å². The third-order valence-electron chi connectivity index (χ3n) is 0.502. The molecule has 4 heteroatoms. The molecule has 6 heavy (non-hydrogen) atoms. The summed E-state index contributed by atoms with van der Waals surface area (Å²) in [7, 11) is 0. The average Bonchev–Trinajstić information content (AvgIpc) is 1.86. The molecule has 0 aromatic heterocycles. The van der Waals surface area contributed by atoms with Crippen molar-refractivity contribution in [3.05, 3.63) is 0 Å². The van der Waals surface area contributed by atoms with Gasteiger partial charge in [-0.1, -0.05) is 0 Å². The first kappa shape index (κ1) is 3.55. The zero-order valence-electron chi connectivity index (χ0n) is 3.16. The van der Waals surface area contributed by atoms with Gasteiger partial charge in [-0.3, -0.25) is 5.73 Å². The maximum absolute atomic E-state index is 5.12. The molecule has 0 bridgehead atoms. The highest BCUT2D eigenvalue weighted by Gasteiger charge is 2.04. The van der Waals surface area contributed by atoms with Crippen LogP contribution in [0.3, 0.4) is 0 Å². The highest BCUT2D eigenvalue weighted by molar-refractivity contribution is 4.49. The van der Waals surface area contributed by atoms with Crippen LogP contribution in [-0.4, -0.2) is 12.8 Å². The van der Waals surface area contributed by atoms with Gasteiger partial charge in [0.05, 0.1) is 0 Å². The summed E-state index contributed by atoms with van der Waals surface area (Å²) in [5, 5.41) is 6.61. The molecule has 2 N–H and O–H groups in total. The Morgan fingerprint density at radius 1 is 1.83 bits per heavy atom. The molecule has 1 rings (SSSR count). The first-order valence-corrected chi connectivity index (χ1v) is 1.68. The number of nitrogens with zero attached hydrogens (tertiary/aromatic N) is 2. The molecule has 34 valence electrons. The lowest BCUT2D eigenvalue weighted by Gasteiger charge is -1.91. The molecular formula is C2H5N3O. The van der Waals surface area contributed by atoms with Crippen molar-refractivity contribution in [3.63, 3.8) is 0 Å². The summed E-state index contributed by atoms with van der Waals surface area (Å²) in [5.41, 5.74) is 5.12. The largest absolute Gasteiger partial charge is 0.358 e. The summed E-state index contributed by atoms with van der Waals surface area (Å²) in [6.07, 6.45) is -0.287. The van der Waals surface area contributed by atoms with Crippen LogP contribution in [0.15, 0.2) is 10.4 Å². The third-order valence-corrected chi connectivity index (χ3v) is 0.502. The van der Waals surface area contributed by atoms with Crippen LogP contribution in [0.2, 0.25) is 0 Å². The van der Waals surface area contributed by atoms with Crippen molar-refractivity contribution in [2.24, 2.45) is 16.1 Å². The summed E-state index contributed by atoms with van der Waals surface area (Å²) in [6.45, 7) is 0.500. The van der Waals surface area contributed by atoms with Crippen molar-refractivity contribution < 1.29 is 4.84 Å². The average molecular weight is 87.1 g/mol. The summed E-state index contributed by atoms with van der Waals surface area (Å²) >= 11 is 0. The Kier molecular flexibility index (Phi) is 0.719. The van der Waals surface area contributed by atoms with Gasteiger partial charge in [0.15, 0.2) is 6.23 Å². The van der Waals surface area contributed by atoms with Crippen LogP contribution < -0.4 is 5.73 Å². The predicted octanol–water partition coefficient (Wildman–Crippen LogP) is -0.331. The minimum atomic E-state index is -0.287. The Labute approximate surface area is 35.0 Å². The van der Waals surface area contributed by atoms with Gasteiger partial charge in [0.2, 0.25) is 0 Å². The molecule has 0 aliphatic carbocycles. The van der Waals surface area contributed by atoms with Crippen LogP contribution in [0.4, 0.5) is 0 Å². The number of hydrogen-bond acceptors (Lipinski definition) is 4. The fourth-order valence-electron chi connectivity index (χ4n) is 0.241. The lowest BCUT2D eigenvalue weighted by Crippen LogP contribution is -2.20. The second-order valence-electron chi connectivity index (χ2n) is 1.05. The highest BCUT2D eigenvalue weighted by atomic mass is 16.7. The molecule has 1 heterocycles. The van der Waals surface area contributed by atoms with E-state index in [9.17, 15) is 0 Å². The van der Waals surface area contributed by atoms with Crippen LogP contribution in [-0.2, 0) is 4.84 Å². The van der Waals surface area contributed by atoms with Crippen LogP contribution in [0.5, 0.6) is 0 Å². The van der Waals surface area contributed by atoms with Gasteiger partial charge in [-0.15, -0.1) is 5.11 Å². The van der Waals surface area contributed by atoms with E-state index in [4.69, 9.17) is 5.73 Å². The fourth-order valence-corrected chi connectivity index (χ4v) is 0.241. The molecule has 1 atom stereocenters. The Morgan fingerprint density at radius 3 is 2.83 bits per heavy atom. The Balaban J connectivity index is 2.32. The summed E-state index contributed by atoms with van der Waals surface area (Å²) in [6, 6.07) is 0. The monoisotopic (exact) mass is 87.0 g/mol. The van der Waals surface area contributed by atoms with E-state index in [0.717, 1.165) is 0 Å². The Morgan fingerprint density at radius 2 is 2.67 bits per heavy atom. The Bertz CT molecular complexity index is 63.2. The number of nitrogens with two attached hydrogens (primary N) is 1. The maximum Gasteiger partial charge on any atom is 0.199 e. The Hall–Kier alpha value is -0.640. The zero-order valence-corrected chi connectivity index (χ0v) is 3.16. The smallest absolute Gasteiger partial charge is 0.199 e. The number of rotatable bonds is 0. The molecule has 0 aromatic carbocycles. The van der Waals surface area contributed by atoms with Gasteiger partial charge in [0.25, 0.3) is 0 Å². The molecule has 0 fully saturated rings. The van der Waals surface area contributed by atoms with Gasteiger partial charge in [-0.25, -0.2) is 0 Å². The predicted molar refractivity (Wildman–Crippen MR) is 18.8 cm³/mol. The maximum atomic E-state index is 5.12. The van der Waals surface area contributed by atoms with E-state index >= 15 is 0 Å². The molecule has 0 spiro atoms. The van der Waals surface area contributed by atoms with Crippen molar-refractivity contribution in [1.29, 1.82) is 0 Å². The second-order valence-corrected chi connectivity index (χ2v) is 1.05.